The molecule has 1 heterocycles. The number of para-hydroxylation sites is 1. The highest BCUT2D eigenvalue weighted by molar-refractivity contribution is 7.22. The van der Waals surface area contributed by atoms with Crippen LogP contribution in [0, 0.1) is 5.92 Å². The Hall–Kier alpha value is -1.75. The number of ketones is 1. The first-order valence-electron chi connectivity index (χ1n) is 5.40. The van der Waals surface area contributed by atoms with E-state index in [4.69, 9.17) is 0 Å². The van der Waals surface area contributed by atoms with Gasteiger partial charge in [-0.15, -0.1) is 0 Å². The van der Waals surface area contributed by atoms with Crippen molar-refractivity contribution >= 4 is 38.4 Å². The molecule has 1 aromatic carbocycles. The number of amides is 1. The number of hydrogen-bond acceptors (Lipinski definition) is 4. The Labute approximate surface area is 102 Å². The third kappa shape index (κ3) is 1.93. The zero-order valence-corrected chi connectivity index (χ0v) is 9.79. The van der Waals surface area contributed by atoms with E-state index in [0.29, 0.717) is 18.0 Å². The Balaban J connectivity index is 1.76. The van der Waals surface area contributed by atoms with Gasteiger partial charge in [0.2, 0.25) is 5.91 Å². The summed E-state index contributed by atoms with van der Waals surface area (Å²) in [7, 11) is 0. The summed E-state index contributed by atoms with van der Waals surface area (Å²) in [6, 6.07) is 7.73. The predicted octanol–water partition coefficient (Wildman–Crippen LogP) is 2.21. The maximum Gasteiger partial charge on any atom is 0.230 e. The van der Waals surface area contributed by atoms with E-state index in [-0.39, 0.29) is 17.6 Å². The molecule has 86 valence electrons. The number of aromatic nitrogens is 1. The third-order valence-corrected chi connectivity index (χ3v) is 3.79. The summed E-state index contributed by atoms with van der Waals surface area (Å²) in [5.41, 5.74) is 0.887. The molecule has 1 saturated carbocycles. The number of fused-ring (bicyclic) bond motifs is 1. The van der Waals surface area contributed by atoms with Crippen LogP contribution in [0.15, 0.2) is 24.3 Å². The Bertz CT molecular complexity index is 564. The average molecular weight is 246 g/mol. The number of anilines is 1. The van der Waals surface area contributed by atoms with E-state index in [1.807, 2.05) is 24.3 Å². The molecule has 1 aromatic heterocycles. The quantitative estimate of drug-likeness (QED) is 0.883. The van der Waals surface area contributed by atoms with Gasteiger partial charge in [0, 0.05) is 12.8 Å². The number of benzene rings is 1. The minimum Gasteiger partial charge on any atom is -0.302 e. The van der Waals surface area contributed by atoms with Gasteiger partial charge in [0.25, 0.3) is 0 Å². The van der Waals surface area contributed by atoms with E-state index in [9.17, 15) is 9.59 Å². The number of rotatable bonds is 2. The van der Waals surface area contributed by atoms with Crippen molar-refractivity contribution in [3.05, 3.63) is 24.3 Å². The molecular formula is C12H10N2O2S. The fourth-order valence-corrected chi connectivity index (χ4v) is 2.68. The van der Waals surface area contributed by atoms with Crippen LogP contribution in [-0.4, -0.2) is 16.7 Å². The van der Waals surface area contributed by atoms with Crippen molar-refractivity contribution in [1.82, 2.24) is 4.98 Å². The van der Waals surface area contributed by atoms with Crippen LogP contribution in [0.5, 0.6) is 0 Å². The maximum atomic E-state index is 11.7. The Morgan fingerprint density at radius 3 is 2.82 bits per heavy atom. The van der Waals surface area contributed by atoms with E-state index >= 15 is 0 Å². The van der Waals surface area contributed by atoms with Crippen molar-refractivity contribution in [3.63, 3.8) is 0 Å². The van der Waals surface area contributed by atoms with Crippen molar-refractivity contribution in [1.29, 1.82) is 0 Å². The van der Waals surface area contributed by atoms with Crippen molar-refractivity contribution in [2.75, 3.05) is 5.32 Å². The molecule has 0 radical (unpaired) electrons. The van der Waals surface area contributed by atoms with Crippen molar-refractivity contribution in [3.8, 4) is 0 Å². The molecule has 0 spiro atoms. The SMILES string of the molecule is O=C1CC(C(=O)Nc2nc3ccccc3s2)C1. The molecule has 2 aromatic rings. The van der Waals surface area contributed by atoms with Gasteiger partial charge in [-0.05, 0) is 12.1 Å². The lowest BCUT2D eigenvalue weighted by molar-refractivity contribution is -0.135. The highest BCUT2D eigenvalue weighted by Crippen LogP contribution is 2.28. The second-order valence-electron chi connectivity index (χ2n) is 4.12. The van der Waals surface area contributed by atoms with Gasteiger partial charge in [-0.25, -0.2) is 4.98 Å². The molecule has 1 fully saturated rings. The molecule has 1 N–H and O–H groups in total. The lowest BCUT2D eigenvalue weighted by atomic mass is 9.83. The number of hydrogen-bond donors (Lipinski definition) is 1. The third-order valence-electron chi connectivity index (χ3n) is 2.84. The minimum absolute atomic E-state index is 0.0938. The number of carbonyl (C=O) groups excluding carboxylic acids is 2. The molecule has 3 rings (SSSR count). The van der Waals surface area contributed by atoms with Crippen LogP contribution >= 0.6 is 11.3 Å². The largest absolute Gasteiger partial charge is 0.302 e. The van der Waals surface area contributed by atoms with Gasteiger partial charge in [0.15, 0.2) is 5.13 Å². The van der Waals surface area contributed by atoms with Crippen LogP contribution < -0.4 is 5.32 Å². The second kappa shape index (κ2) is 3.92. The lowest BCUT2D eigenvalue weighted by Crippen LogP contribution is -2.34. The van der Waals surface area contributed by atoms with Crippen molar-refractivity contribution < 1.29 is 9.59 Å². The van der Waals surface area contributed by atoms with E-state index < -0.39 is 0 Å². The van der Waals surface area contributed by atoms with Gasteiger partial charge in [-0.3, -0.25) is 9.59 Å². The van der Waals surface area contributed by atoms with Crippen LogP contribution in [0.4, 0.5) is 5.13 Å². The Kier molecular flexibility index (Phi) is 2.40. The van der Waals surface area contributed by atoms with Crippen LogP contribution in [0.2, 0.25) is 0 Å². The first kappa shape index (κ1) is 10.4. The highest BCUT2D eigenvalue weighted by Gasteiger charge is 2.33. The summed E-state index contributed by atoms with van der Waals surface area (Å²) in [6.07, 6.45) is 0.744. The minimum atomic E-state index is -0.158. The van der Waals surface area contributed by atoms with E-state index in [0.717, 1.165) is 10.2 Å². The van der Waals surface area contributed by atoms with Gasteiger partial charge in [0.1, 0.15) is 5.78 Å². The van der Waals surface area contributed by atoms with Crippen LogP contribution in [-0.2, 0) is 9.59 Å². The first-order chi connectivity index (χ1) is 8.22. The van der Waals surface area contributed by atoms with Crippen LogP contribution in [0.1, 0.15) is 12.8 Å². The predicted molar refractivity (Wildman–Crippen MR) is 66.0 cm³/mol. The normalized spacial score (nSPS) is 15.9. The van der Waals surface area contributed by atoms with Gasteiger partial charge in [-0.2, -0.15) is 0 Å². The van der Waals surface area contributed by atoms with Gasteiger partial charge in [0.05, 0.1) is 16.1 Å². The maximum absolute atomic E-state index is 11.7. The molecule has 1 aliphatic carbocycles. The molecule has 1 aliphatic rings. The molecule has 0 unspecified atom stereocenters. The van der Waals surface area contributed by atoms with Crippen LogP contribution in [0.25, 0.3) is 10.2 Å². The Morgan fingerprint density at radius 2 is 2.12 bits per heavy atom. The number of nitrogens with one attached hydrogen (secondary N) is 1. The van der Waals surface area contributed by atoms with Crippen molar-refractivity contribution in [2.24, 2.45) is 5.92 Å². The van der Waals surface area contributed by atoms with E-state index in [2.05, 4.69) is 10.3 Å². The van der Waals surface area contributed by atoms with Gasteiger partial charge < -0.3 is 5.32 Å². The number of nitrogens with zero attached hydrogens (tertiary/aromatic N) is 1. The summed E-state index contributed by atoms with van der Waals surface area (Å²) in [5.74, 6) is -0.0902. The zero-order valence-electron chi connectivity index (χ0n) is 8.97. The summed E-state index contributed by atoms with van der Waals surface area (Å²) in [4.78, 5) is 26.8. The van der Waals surface area contributed by atoms with Gasteiger partial charge >= 0.3 is 0 Å². The van der Waals surface area contributed by atoms with Crippen molar-refractivity contribution in [2.45, 2.75) is 12.8 Å². The van der Waals surface area contributed by atoms with Crippen LogP contribution in [0.3, 0.4) is 0 Å². The zero-order chi connectivity index (χ0) is 11.8. The fourth-order valence-electron chi connectivity index (χ4n) is 1.81. The second-order valence-corrected chi connectivity index (χ2v) is 5.15. The summed E-state index contributed by atoms with van der Waals surface area (Å²) < 4.78 is 1.05. The summed E-state index contributed by atoms with van der Waals surface area (Å²) >= 11 is 1.45. The molecule has 0 aliphatic heterocycles. The standard InChI is InChI=1S/C12H10N2O2S/c15-8-5-7(6-8)11(16)14-12-13-9-3-1-2-4-10(9)17-12/h1-4,7H,5-6H2,(H,13,14,16). The molecular weight excluding hydrogens is 236 g/mol. The molecule has 5 heteroatoms. The molecule has 0 saturated heterocycles. The monoisotopic (exact) mass is 246 g/mol. The molecule has 0 atom stereocenters. The topological polar surface area (TPSA) is 59.1 Å². The number of Topliss-reactive ketones (excluding diaryl/α,β-unsaturated/α-hetero) is 1. The lowest BCUT2D eigenvalue weighted by Gasteiger charge is -2.21. The summed E-state index contributed by atoms with van der Waals surface area (Å²) in [5, 5.41) is 3.38. The fraction of sp³-hybridized carbons (Fsp3) is 0.250. The number of thiazole rings is 1. The molecule has 4 nitrogen and oxygen atoms in total. The van der Waals surface area contributed by atoms with Gasteiger partial charge in [-0.1, -0.05) is 23.5 Å². The number of carbonyl (C=O) groups is 2. The molecule has 17 heavy (non-hydrogen) atoms. The highest BCUT2D eigenvalue weighted by atomic mass is 32.1. The summed E-state index contributed by atoms with van der Waals surface area (Å²) in [6.45, 7) is 0. The van der Waals surface area contributed by atoms with E-state index in [1.165, 1.54) is 11.3 Å². The van der Waals surface area contributed by atoms with E-state index in [1.54, 1.807) is 0 Å². The molecule has 0 bridgehead atoms. The first-order valence-corrected chi connectivity index (χ1v) is 6.22. The Morgan fingerprint density at radius 1 is 1.35 bits per heavy atom. The smallest absolute Gasteiger partial charge is 0.230 e. The average Bonchev–Trinajstić information content (AvgIpc) is 2.66. The molecule has 1 amide bonds.